The van der Waals surface area contributed by atoms with Crippen molar-refractivity contribution in [1.82, 2.24) is 10.6 Å². The van der Waals surface area contributed by atoms with Gasteiger partial charge >= 0.3 is 0 Å². The SMILES string of the molecule is CCC(=S)NCc1scc2c1CNC2=O. The molecule has 5 heteroatoms. The fourth-order valence-corrected chi connectivity index (χ4v) is 2.58. The summed E-state index contributed by atoms with van der Waals surface area (Å²) in [6.45, 7) is 3.43. The first kappa shape index (κ1) is 10.6. The van der Waals surface area contributed by atoms with Crippen LogP contribution in [0, 0.1) is 0 Å². The Labute approximate surface area is 97.9 Å². The van der Waals surface area contributed by atoms with Crippen LogP contribution >= 0.6 is 23.6 Å². The number of nitrogens with one attached hydrogen (secondary N) is 2. The van der Waals surface area contributed by atoms with Gasteiger partial charge in [0.2, 0.25) is 0 Å². The Morgan fingerprint density at radius 1 is 1.73 bits per heavy atom. The Bertz CT molecular complexity index is 412. The maximum atomic E-state index is 11.3. The Morgan fingerprint density at radius 2 is 2.53 bits per heavy atom. The van der Waals surface area contributed by atoms with Gasteiger partial charge in [-0.05, 0) is 12.0 Å². The molecule has 0 radical (unpaired) electrons. The Hall–Kier alpha value is -0.940. The molecule has 0 aliphatic carbocycles. The molecule has 2 N–H and O–H groups in total. The summed E-state index contributed by atoms with van der Waals surface area (Å²) in [7, 11) is 0. The highest BCUT2D eigenvalue weighted by Crippen LogP contribution is 2.26. The highest BCUT2D eigenvalue weighted by molar-refractivity contribution is 7.80. The molecule has 1 aliphatic rings. The number of thiophene rings is 1. The van der Waals surface area contributed by atoms with Crippen molar-refractivity contribution in [2.75, 3.05) is 0 Å². The van der Waals surface area contributed by atoms with Gasteiger partial charge in [-0.1, -0.05) is 19.1 Å². The highest BCUT2D eigenvalue weighted by atomic mass is 32.1. The lowest BCUT2D eigenvalue weighted by atomic mass is 10.2. The summed E-state index contributed by atoms with van der Waals surface area (Å²) in [6, 6.07) is 0. The molecule has 0 saturated carbocycles. The van der Waals surface area contributed by atoms with E-state index in [4.69, 9.17) is 12.2 Å². The third kappa shape index (κ3) is 2.03. The van der Waals surface area contributed by atoms with Crippen LogP contribution < -0.4 is 10.6 Å². The van der Waals surface area contributed by atoms with Crippen LogP contribution in [0.15, 0.2) is 5.38 Å². The largest absolute Gasteiger partial charge is 0.375 e. The van der Waals surface area contributed by atoms with Gasteiger partial charge in [0.25, 0.3) is 5.91 Å². The lowest BCUT2D eigenvalue weighted by molar-refractivity contribution is 0.0966. The number of fused-ring (bicyclic) bond motifs is 1. The monoisotopic (exact) mass is 240 g/mol. The van der Waals surface area contributed by atoms with Gasteiger partial charge in [0, 0.05) is 16.8 Å². The van der Waals surface area contributed by atoms with E-state index in [9.17, 15) is 4.79 Å². The molecule has 0 aromatic carbocycles. The van der Waals surface area contributed by atoms with E-state index in [1.165, 1.54) is 4.88 Å². The molecule has 0 unspecified atom stereocenters. The quantitative estimate of drug-likeness (QED) is 0.792. The van der Waals surface area contributed by atoms with Gasteiger partial charge < -0.3 is 10.6 Å². The van der Waals surface area contributed by atoms with Crippen LogP contribution in [-0.2, 0) is 13.1 Å². The summed E-state index contributed by atoms with van der Waals surface area (Å²) in [4.78, 5) is 13.4. The molecule has 1 aromatic rings. The third-order valence-electron chi connectivity index (χ3n) is 2.42. The Balaban J connectivity index is 2.08. The van der Waals surface area contributed by atoms with Crippen molar-refractivity contribution in [2.24, 2.45) is 0 Å². The van der Waals surface area contributed by atoms with Gasteiger partial charge in [-0.3, -0.25) is 4.79 Å². The minimum absolute atomic E-state index is 0.0468. The van der Waals surface area contributed by atoms with Crippen LogP contribution in [0.2, 0.25) is 0 Å². The predicted molar refractivity (Wildman–Crippen MR) is 65.2 cm³/mol. The second-order valence-electron chi connectivity index (χ2n) is 3.36. The van der Waals surface area contributed by atoms with E-state index in [1.807, 2.05) is 12.3 Å². The van der Waals surface area contributed by atoms with Crippen molar-refractivity contribution in [3.05, 3.63) is 21.4 Å². The van der Waals surface area contributed by atoms with Crippen molar-refractivity contribution < 1.29 is 4.79 Å². The van der Waals surface area contributed by atoms with Crippen LogP contribution in [0.4, 0.5) is 0 Å². The van der Waals surface area contributed by atoms with E-state index >= 15 is 0 Å². The van der Waals surface area contributed by atoms with E-state index < -0.39 is 0 Å². The molecule has 0 bridgehead atoms. The van der Waals surface area contributed by atoms with Crippen molar-refractivity contribution in [3.63, 3.8) is 0 Å². The average Bonchev–Trinajstić information content (AvgIpc) is 2.79. The zero-order valence-electron chi connectivity index (χ0n) is 8.42. The van der Waals surface area contributed by atoms with Gasteiger partial charge in [0.05, 0.1) is 17.1 Å². The third-order valence-corrected chi connectivity index (χ3v) is 3.88. The first-order valence-corrected chi connectivity index (χ1v) is 6.15. The van der Waals surface area contributed by atoms with E-state index in [0.29, 0.717) is 6.54 Å². The minimum atomic E-state index is 0.0468. The normalized spacial score (nSPS) is 13.5. The number of hydrogen-bond donors (Lipinski definition) is 2. The summed E-state index contributed by atoms with van der Waals surface area (Å²) < 4.78 is 0. The number of rotatable bonds is 3. The minimum Gasteiger partial charge on any atom is -0.375 e. The van der Waals surface area contributed by atoms with E-state index in [2.05, 4.69) is 10.6 Å². The molecule has 15 heavy (non-hydrogen) atoms. The average molecular weight is 240 g/mol. The van der Waals surface area contributed by atoms with Crippen LogP contribution in [0.3, 0.4) is 0 Å². The zero-order valence-corrected chi connectivity index (χ0v) is 10.1. The number of carbonyl (C=O) groups is 1. The summed E-state index contributed by atoms with van der Waals surface area (Å²) in [5, 5.41) is 7.92. The molecule has 1 amide bonds. The fourth-order valence-electron chi connectivity index (χ4n) is 1.52. The second-order valence-corrected chi connectivity index (χ2v) is 4.82. The highest BCUT2D eigenvalue weighted by Gasteiger charge is 2.23. The molecule has 3 nitrogen and oxygen atoms in total. The molecule has 1 aliphatic heterocycles. The predicted octanol–water partition coefficient (Wildman–Crippen LogP) is 1.82. The molecule has 2 heterocycles. The van der Waals surface area contributed by atoms with Crippen molar-refractivity contribution in [2.45, 2.75) is 26.4 Å². The fraction of sp³-hybridized carbons (Fsp3) is 0.400. The molecule has 1 aromatic heterocycles. The number of thiocarbonyl (C=S) groups is 1. The van der Waals surface area contributed by atoms with Crippen LogP contribution in [0.1, 0.15) is 34.1 Å². The molecular weight excluding hydrogens is 228 g/mol. The smallest absolute Gasteiger partial charge is 0.252 e. The molecule has 80 valence electrons. The zero-order chi connectivity index (χ0) is 10.8. The van der Waals surface area contributed by atoms with Crippen molar-refractivity contribution in [3.8, 4) is 0 Å². The molecule has 0 spiro atoms. The van der Waals surface area contributed by atoms with Crippen LogP contribution in [-0.4, -0.2) is 10.9 Å². The van der Waals surface area contributed by atoms with E-state index in [0.717, 1.165) is 29.1 Å². The van der Waals surface area contributed by atoms with E-state index in [1.54, 1.807) is 11.3 Å². The molecule has 0 saturated heterocycles. The maximum Gasteiger partial charge on any atom is 0.252 e. The van der Waals surface area contributed by atoms with Gasteiger partial charge in [-0.25, -0.2) is 0 Å². The standard InChI is InChI=1S/C10H12N2OS2/c1-2-9(14)11-4-8-6-3-12-10(13)7(6)5-15-8/h5H,2-4H2,1H3,(H,11,14)(H,12,13). The van der Waals surface area contributed by atoms with Gasteiger partial charge in [0.1, 0.15) is 0 Å². The Morgan fingerprint density at radius 3 is 3.27 bits per heavy atom. The van der Waals surface area contributed by atoms with Crippen LogP contribution in [0.25, 0.3) is 0 Å². The van der Waals surface area contributed by atoms with Crippen molar-refractivity contribution >= 4 is 34.5 Å². The van der Waals surface area contributed by atoms with Crippen molar-refractivity contribution in [1.29, 1.82) is 0 Å². The number of amides is 1. The Kier molecular flexibility index (Phi) is 3.02. The topological polar surface area (TPSA) is 41.1 Å². The summed E-state index contributed by atoms with van der Waals surface area (Å²) in [6.07, 6.45) is 0.861. The molecule has 0 atom stereocenters. The number of carbonyl (C=O) groups excluding carboxylic acids is 1. The summed E-state index contributed by atoms with van der Waals surface area (Å²) in [5.41, 5.74) is 1.97. The van der Waals surface area contributed by atoms with Gasteiger partial charge in [-0.15, -0.1) is 11.3 Å². The molecule has 2 rings (SSSR count). The lowest BCUT2D eigenvalue weighted by Crippen LogP contribution is -2.19. The van der Waals surface area contributed by atoms with Crippen LogP contribution in [0.5, 0.6) is 0 Å². The first-order valence-electron chi connectivity index (χ1n) is 4.86. The summed E-state index contributed by atoms with van der Waals surface area (Å²) in [5.74, 6) is 0.0468. The van der Waals surface area contributed by atoms with E-state index in [-0.39, 0.29) is 5.91 Å². The first-order chi connectivity index (χ1) is 7.22. The second kappa shape index (κ2) is 4.28. The lowest BCUT2D eigenvalue weighted by Gasteiger charge is -2.04. The maximum absolute atomic E-state index is 11.3. The van der Waals surface area contributed by atoms with Gasteiger partial charge in [-0.2, -0.15) is 0 Å². The summed E-state index contributed by atoms with van der Waals surface area (Å²) >= 11 is 6.72. The van der Waals surface area contributed by atoms with Gasteiger partial charge in [0.15, 0.2) is 0 Å². The molecule has 0 fully saturated rings. The molecular formula is C10H12N2OS2. The number of hydrogen-bond acceptors (Lipinski definition) is 3.